The van der Waals surface area contributed by atoms with Crippen molar-refractivity contribution in [1.29, 1.82) is 0 Å². The van der Waals surface area contributed by atoms with Gasteiger partial charge in [0.1, 0.15) is 5.82 Å². The number of anilines is 3. The van der Waals surface area contributed by atoms with Crippen LogP contribution in [0.3, 0.4) is 0 Å². The second kappa shape index (κ2) is 7.48. The van der Waals surface area contributed by atoms with Crippen molar-refractivity contribution in [3.05, 3.63) is 84.2 Å². The van der Waals surface area contributed by atoms with Crippen LogP contribution in [0.2, 0.25) is 0 Å². The molecular weight excluding hydrogens is 391 g/mol. The first kappa shape index (κ1) is 18.8. The van der Waals surface area contributed by atoms with Gasteiger partial charge in [0.05, 0.1) is 15.9 Å². The van der Waals surface area contributed by atoms with Gasteiger partial charge in [-0.05, 0) is 55.5 Å². The second-order valence-corrected chi connectivity index (χ2v) is 8.14. The minimum absolute atomic E-state index is 0.0496. The Morgan fingerprint density at radius 1 is 0.793 bits per heavy atom. The van der Waals surface area contributed by atoms with Crippen LogP contribution in [0.25, 0.3) is 11.0 Å². The number of hydrogen-bond acceptors (Lipinski definition) is 5. The first-order chi connectivity index (χ1) is 13.9. The third-order valence-electron chi connectivity index (χ3n) is 4.24. The fourth-order valence-electron chi connectivity index (χ4n) is 2.73. The number of aromatic nitrogens is 2. The molecule has 1 heterocycles. The van der Waals surface area contributed by atoms with Crippen LogP contribution in [0.4, 0.5) is 21.7 Å². The Balaban J connectivity index is 1.77. The zero-order valence-corrected chi connectivity index (χ0v) is 16.2. The van der Waals surface area contributed by atoms with Crippen LogP contribution in [-0.4, -0.2) is 18.4 Å². The number of rotatable bonds is 5. The van der Waals surface area contributed by atoms with Gasteiger partial charge in [0, 0.05) is 5.69 Å². The molecule has 0 saturated carbocycles. The van der Waals surface area contributed by atoms with Crippen LogP contribution in [0.1, 0.15) is 5.56 Å². The van der Waals surface area contributed by atoms with E-state index in [0.29, 0.717) is 16.7 Å². The summed E-state index contributed by atoms with van der Waals surface area (Å²) < 4.78 is 41.4. The average molecular weight is 408 g/mol. The Morgan fingerprint density at radius 2 is 1.38 bits per heavy atom. The molecular formula is C21H17FN4O2S. The lowest BCUT2D eigenvalue weighted by molar-refractivity contribution is 0.601. The third kappa shape index (κ3) is 4.17. The standard InChI is InChI=1S/C21H17FN4O2S/c1-14-6-12-17(13-7-14)29(27,28)26-21-20(23-16-10-8-15(22)9-11-16)24-18-4-2-3-5-19(18)25-21/h2-13H,1H3,(H,23,24)(H,25,26). The summed E-state index contributed by atoms with van der Waals surface area (Å²) in [6.07, 6.45) is 0. The summed E-state index contributed by atoms with van der Waals surface area (Å²) in [7, 11) is -3.87. The van der Waals surface area contributed by atoms with E-state index >= 15 is 0 Å². The average Bonchev–Trinajstić information content (AvgIpc) is 2.70. The van der Waals surface area contributed by atoms with Crippen LogP contribution < -0.4 is 10.0 Å². The Kier molecular flexibility index (Phi) is 4.85. The highest BCUT2D eigenvalue weighted by Crippen LogP contribution is 2.27. The van der Waals surface area contributed by atoms with Crippen molar-refractivity contribution in [2.24, 2.45) is 0 Å². The molecule has 0 atom stereocenters. The molecule has 0 unspecified atom stereocenters. The lowest BCUT2D eigenvalue weighted by atomic mass is 10.2. The molecule has 0 fully saturated rings. The Labute approximate surface area is 167 Å². The monoisotopic (exact) mass is 408 g/mol. The van der Waals surface area contributed by atoms with Crippen LogP contribution in [-0.2, 0) is 10.0 Å². The molecule has 4 aromatic rings. The number of nitrogens with zero attached hydrogens (tertiary/aromatic N) is 2. The van der Waals surface area contributed by atoms with E-state index in [1.807, 2.05) is 13.0 Å². The molecule has 29 heavy (non-hydrogen) atoms. The molecule has 1 aromatic heterocycles. The topological polar surface area (TPSA) is 84.0 Å². The van der Waals surface area contributed by atoms with Crippen molar-refractivity contribution in [3.8, 4) is 0 Å². The number of halogens is 1. The Morgan fingerprint density at radius 3 is 2.00 bits per heavy atom. The highest BCUT2D eigenvalue weighted by Gasteiger charge is 2.19. The molecule has 0 aliphatic heterocycles. The normalized spacial score (nSPS) is 11.4. The number of hydrogen-bond donors (Lipinski definition) is 2. The van der Waals surface area contributed by atoms with E-state index in [4.69, 9.17) is 0 Å². The molecule has 0 aliphatic rings. The smallest absolute Gasteiger partial charge is 0.263 e. The molecule has 8 heteroatoms. The third-order valence-corrected chi connectivity index (χ3v) is 5.59. The van der Waals surface area contributed by atoms with Crippen molar-refractivity contribution in [1.82, 2.24) is 9.97 Å². The highest BCUT2D eigenvalue weighted by molar-refractivity contribution is 7.92. The molecule has 146 valence electrons. The maximum Gasteiger partial charge on any atom is 0.263 e. The number of fused-ring (bicyclic) bond motifs is 1. The van der Waals surface area contributed by atoms with E-state index in [-0.39, 0.29) is 22.3 Å². The molecule has 6 nitrogen and oxygen atoms in total. The summed E-state index contributed by atoms with van der Waals surface area (Å²) in [6, 6.07) is 19.3. The van der Waals surface area contributed by atoms with E-state index in [1.54, 1.807) is 30.3 Å². The lowest BCUT2D eigenvalue weighted by Gasteiger charge is -2.14. The summed E-state index contributed by atoms with van der Waals surface area (Å²) in [4.78, 5) is 9.03. The van der Waals surface area contributed by atoms with Crippen molar-refractivity contribution < 1.29 is 12.8 Å². The maximum absolute atomic E-state index is 13.2. The van der Waals surface area contributed by atoms with Crippen molar-refractivity contribution >= 4 is 38.4 Å². The highest BCUT2D eigenvalue weighted by atomic mass is 32.2. The molecule has 0 spiro atoms. The molecule has 0 radical (unpaired) electrons. The second-order valence-electron chi connectivity index (χ2n) is 6.46. The first-order valence-corrected chi connectivity index (χ1v) is 10.3. The number of para-hydroxylation sites is 2. The fourth-order valence-corrected chi connectivity index (χ4v) is 3.74. The SMILES string of the molecule is Cc1ccc(S(=O)(=O)Nc2nc3ccccc3nc2Nc2ccc(F)cc2)cc1. The summed E-state index contributed by atoms with van der Waals surface area (Å²) in [5, 5.41) is 3.01. The van der Waals surface area contributed by atoms with Gasteiger partial charge >= 0.3 is 0 Å². The van der Waals surface area contributed by atoms with Gasteiger partial charge in [0.15, 0.2) is 11.6 Å². The molecule has 4 rings (SSSR count). The van der Waals surface area contributed by atoms with E-state index in [2.05, 4.69) is 20.0 Å². The van der Waals surface area contributed by atoms with E-state index in [1.165, 1.54) is 36.4 Å². The molecule has 2 N–H and O–H groups in total. The largest absolute Gasteiger partial charge is 0.337 e. The van der Waals surface area contributed by atoms with Gasteiger partial charge < -0.3 is 5.32 Å². The van der Waals surface area contributed by atoms with Crippen molar-refractivity contribution in [2.45, 2.75) is 11.8 Å². The van der Waals surface area contributed by atoms with Crippen LogP contribution in [0.15, 0.2) is 77.7 Å². The summed E-state index contributed by atoms with van der Waals surface area (Å²) in [5.41, 5.74) is 2.63. The zero-order chi connectivity index (χ0) is 20.4. The van der Waals surface area contributed by atoms with Crippen LogP contribution >= 0.6 is 0 Å². The number of aryl methyl sites for hydroxylation is 1. The number of nitrogens with one attached hydrogen (secondary N) is 2. The minimum atomic E-state index is -3.87. The predicted molar refractivity (Wildman–Crippen MR) is 111 cm³/mol. The zero-order valence-electron chi connectivity index (χ0n) is 15.4. The summed E-state index contributed by atoms with van der Waals surface area (Å²) >= 11 is 0. The minimum Gasteiger partial charge on any atom is -0.337 e. The van der Waals surface area contributed by atoms with E-state index < -0.39 is 10.0 Å². The molecule has 0 saturated heterocycles. The van der Waals surface area contributed by atoms with Gasteiger partial charge in [-0.1, -0.05) is 29.8 Å². The quantitative estimate of drug-likeness (QED) is 0.503. The van der Waals surface area contributed by atoms with Gasteiger partial charge in [-0.25, -0.2) is 22.8 Å². The van der Waals surface area contributed by atoms with E-state index in [0.717, 1.165) is 5.56 Å². The summed E-state index contributed by atoms with van der Waals surface area (Å²) in [5.74, 6) is -0.111. The molecule has 3 aromatic carbocycles. The predicted octanol–water partition coefficient (Wildman–Crippen LogP) is 4.62. The van der Waals surface area contributed by atoms with Gasteiger partial charge in [0.2, 0.25) is 0 Å². The van der Waals surface area contributed by atoms with Crippen molar-refractivity contribution in [3.63, 3.8) is 0 Å². The number of benzene rings is 3. The first-order valence-electron chi connectivity index (χ1n) is 8.80. The molecule has 0 bridgehead atoms. The van der Waals surface area contributed by atoms with Gasteiger partial charge in [-0.2, -0.15) is 0 Å². The lowest BCUT2D eigenvalue weighted by Crippen LogP contribution is -2.16. The van der Waals surface area contributed by atoms with Gasteiger partial charge in [0.25, 0.3) is 10.0 Å². The Hall–Kier alpha value is -3.52. The van der Waals surface area contributed by atoms with Crippen molar-refractivity contribution in [2.75, 3.05) is 10.0 Å². The van der Waals surface area contributed by atoms with Gasteiger partial charge in [-0.3, -0.25) is 4.72 Å². The Bertz CT molecular complexity index is 1270. The maximum atomic E-state index is 13.2. The van der Waals surface area contributed by atoms with Crippen LogP contribution in [0.5, 0.6) is 0 Å². The number of sulfonamides is 1. The summed E-state index contributed by atoms with van der Waals surface area (Å²) in [6.45, 7) is 1.88. The van der Waals surface area contributed by atoms with Gasteiger partial charge in [-0.15, -0.1) is 0 Å². The fraction of sp³-hybridized carbons (Fsp3) is 0.0476. The van der Waals surface area contributed by atoms with Crippen LogP contribution in [0, 0.1) is 12.7 Å². The van der Waals surface area contributed by atoms with E-state index in [9.17, 15) is 12.8 Å². The molecule has 0 amide bonds. The molecule has 0 aliphatic carbocycles.